The van der Waals surface area contributed by atoms with Gasteiger partial charge in [0.05, 0.1) is 17.8 Å². The summed E-state index contributed by atoms with van der Waals surface area (Å²) in [7, 11) is 0. The number of rotatable bonds is 3. The number of carbonyl (C=O) groups excluding carboxylic acids is 1. The zero-order valence-corrected chi connectivity index (χ0v) is 10.4. The predicted octanol–water partition coefficient (Wildman–Crippen LogP) is 0.744. The van der Waals surface area contributed by atoms with Crippen molar-refractivity contribution in [3.05, 3.63) is 17.8 Å². The Hall–Kier alpha value is -1.82. The van der Waals surface area contributed by atoms with Gasteiger partial charge >= 0.3 is 0 Å². The summed E-state index contributed by atoms with van der Waals surface area (Å²) < 4.78 is 5.45. The second-order valence-corrected chi connectivity index (χ2v) is 4.84. The molecule has 0 bridgehead atoms. The van der Waals surface area contributed by atoms with Crippen LogP contribution in [0, 0.1) is 0 Å². The maximum absolute atomic E-state index is 11.1. The van der Waals surface area contributed by atoms with Gasteiger partial charge in [0.25, 0.3) is 5.91 Å². The summed E-state index contributed by atoms with van der Waals surface area (Å²) in [4.78, 5) is 15.2. The number of anilines is 2. The molecule has 5 N–H and O–H groups in total. The highest BCUT2D eigenvalue weighted by Gasteiger charge is 2.28. The molecule has 1 aliphatic rings. The monoisotopic (exact) mass is 250 g/mol. The van der Waals surface area contributed by atoms with E-state index in [1.165, 1.54) is 6.07 Å². The first kappa shape index (κ1) is 12.6. The number of nitrogens with two attached hydrogens (primary N) is 2. The normalized spacial score (nSPS) is 23.6. The van der Waals surface area contributed by atoms with E-state index < -0.39 is 5.91 Å². The van der Waals surface area contributed by atoms with Gasteiger partial charge in [0.2, 0.25) is 0 Å². The number of nitrogens with one attached hydrogen (secondary N) is 1. The third-order valence-corrected chi connectivity index (χ3v) is 3.04. The molecule has 6 heteroatoms. The second kappa shape index (κ2) is 4.81. The third kappa shape index (κ3) is 2.70. The smallest absolute Gasteiger partial charge is 0.267 e. The molecule has 1 fully saturated rings. The van der Waals surface area contributed by atoms with Crippen LogP contribution in [0.15, 0.2) is 12.1 Å². The van der Waals surface area contributed by atoms with Gasteiger partial charge in [-0.2, -0.15) is 0 Å². The summed E-state index contributed by atoms with van der Waals surface area (Å²) in [5.74, 6) is -0.0811. The molecule has 0 radical (unpaired) electrons. The van der Waals surface area contributed by atoms with Crippen molar-refractivity contribution in [2.45, 2.75) is 25.3 Å². The van der Waals surface area contributed by atoms with Crippen molar-refractivity contribution in [1.82, 2.24) is 4.98 Å². The predicted molar refractivity (Wildman–Crippen MR) is 69.2 cm³/mol. The van der Waals surface area contributed by atoms with Crippen molar-refractivity contribution in [3.8, 4) is 0 Å². The molecule has 1 aromatic rings. The summed E-state index contributed by atoms with van der Waals surface area (Å²) in [5.41, 5.74) is 11.5. The number of ether oxygens (including phenoxy) is 1. The summed E-state index contributed by atoms with van der Waals surface area (Å²) in [6.07, 6.45) is 1.95. The Morgan fingerprint density at radius 3 is 2.94 bits per heavy atom. The number of nitrogen functional groups attached to an aromatic ring is 1. The van der Waals surface area contributed by atoms with E-state index in [1.54, 1.807) is 6.07 Å². The van der Waals surface area contributed by atoms with Crippen LogP contribution in [0.25, 0.3) is 0 Å². The van der Waals surface area contributed by atoms with Gasteiger partial charge in [0.1, 0.15) is 5.69 Å². The molecule has 18 heavy (non-hydrogen) atoms. The molecular weight excluding hydrogens is 232 g/mol. The molecule has 0 spiro atoms. The zero-order valence-electron chi connectivity index (χ0n) is 10.4. The van der Waals surface area contributed by atoms with E-state index >= 15 is 0 Å². The average Bonchev–Trinajstić information content (AvgIpc) is 2.32. The van der Waals surface area contributed by atoms with Crippen LogP contribution in [0.5, 0.6) is 0 Å². The van der Waals surface area contributed by atoms with Crippen LogP contribution in [-0.4, -0.2) is 29.6 Å². The maximum Gasteiger partial charge on any atom is 0.267 e. The molecular formula is C12H18N4O2. The number of primary amides is 1. The fourth-order valence-corrected chi connectivity index (χ4v) is 2.03. The van der Waals surface area contributed by atoms with Gasteiger partial charge in [0, 0.05) is 6.61 Å². The van der Waals surface area contributed by atoms with Crippen LogP contribution < -0.4 is 16.8 Å². The van der Waals surface area contributed by atoms with E-state index in [4.69, 9.17) is 16.2 Å². The van der Waals surface area contributed by atoms with E-state index in [1.807, 2.05) is 6.92 Å². The topological polar surface area (TPSA) is 103 Å². The number of hydrogen-bond acceptors (Lipinski definition) is 5. The van der Waals surface area contributed by atoms with E-state index in [-0.39, 0.29) is 11.2 Å². The Balaban J connectivity index is 2.22. The molecule has 1 atom stereocenters. The molecule has 0 aliphatic carbocycles. The van der Waals surface area contributed by atoms with Gasteiger partial charge in [-0.05, 0) is 31.9 Å². The summed E-state index contributed by atoms with van der Waals surface area (Å²) >= 11 is 0. The highest BCUT2D eigenvalue weighted by Crippen LogP contribution is 2.26. The first-order valence-corrected chi connectivity index (χ1v) is 5.92. The van der Waals surface area contributed by atoms with Gasteiger partial charge < -0.3 is 21.5 Å². The molecule has 0 aromatic carbocycles. The molecule has 2 heterocycles. The Kier molecular flexibility index (Phi) is 3.38. The van der Waals surface area contributed by atoms with Gasteiger partial charge in [-0.3, -0.25) is 4.79 Å². The minimum Gasteiger partial charge on any atom is -0.396 e. The fraction of sp³-hybridized carbons (Fsp3) is 0.500. The van der Waals surface area contributed by atoms with Crippen molar-refractivity contribution in [2.75, 3.05) is 24.3 Å². The van der Waals surface area contributed by atoms with Crippen LogP contribution in [-0.2, 0) is 4.74 Å². The number of pyridine rings is 1. The van der Waals surface area contributed by atoms with E-state index in [9.17, 15) is 4.79 Å². The lowest BCUT2D eigenvalue weighted by atomic mass is 9.95. The van der Waals surface area contributed by atoms with Gasteiger partial charge in [-0.15, -0.1) is 0 Å². The Morgan fingerprint density at radius 2 is 2.33 bits per heavy atom. The summed E-state index contributed by atoms with van der Waals surface area (Å²) in [6.45, 7) is 3.42. The molecule has 6 nitrogen and oxygen atoms in total. The molecule has 1 amide bonds. The van der Waals surface area contributed by atoms with Crippen LogP contribution in [0.4, 0.5) is 11.5 Å². The number of amides is 1. The lowest BCUT2D eigenvalue weighted by Gasteiger charge is -2.35. The molecule has 0 saturated carbocycles. The largest absolute Gasteiger partial charge is 0.396 e. The Labute approximate surface area is 106 Å². The zero-order chi connectivity index (χ0) is 13.2. The highest BCUT2D eigenvalue weighted by atomic mass is 16.5. The van der Waals surface area contributed by atoms with E-state index in [0.717, 1.165) is 19.4 Å². The van der Waals surface area contributed by atoms with Crippen molar-refractivity contribution in [3.63, 3.8) is 0 Å². The van der Waals surface area contributed by atoms with E-state index in [0.29, 0.717) is 18.1 Å². The Morgan fingerprint density at radius 1 is 1.56 bits per heavy atom. The van der Waals surface area contributed by atoms with Gasteiger partial charge in [-0.25, -0.2) is 4.98 Å². The standard InChI is InChI=1S/C12H18N4O2/c1-12(5-2-6-18-7-12)16-11-8(13)3-4-9(15-11)10(14)17/h3-4H,2,5-7,13H2,1H3,(H2,14,17)(H,15,16). The number of carbonyl (C=O) groups is 1. The van der Waals surface area contributed by atoms with Crippen molar-refractivity contribution < 1.29 is 9.53 Å². The molecule has 1 aromatic heterocycles. The van der Waals surface area contributed by atoms with Crippen molar-refractivity contribution in [1.29, 1.82) is 0 Å². The third-order valence-electron chi connectivity index (χ3n) is 3.04. The SMILES string of the molecule is CC1(Nc2nc(C(N)=O)ccc2N)CCCOC1. The molecule has 1 unspecified atom stereocenters. The van der Waals surface area contributed by atoms with Gasteiger partial charge in [0.15, 0.2) is 5.82 Å². The summed E-state index contributed by atoms with van der Waals surface area (Å²) in [5, 5.41) is 3.25. The van der Waals surface area contributed by atoms with Crippen LogP contribution in [0.3, 0.4) is 0 Å². The number of aromatic nitrogens is 1. The first-order chi connectivity index (χ1) is 8.50. The average molecular weight is 250 g/mol. The molecule has 2 rings (SSSR count). The molecule has 98 valence electrons. The van der Waals surface area contributed by atoms with Crippen molar-refractivity contribution >= 4 is 17.4 Å². The molecule has 1 saturated heterocycles. The lowest BCUT2D eigenvalue weighted by molar-refractivity contribution is 0.0539. The van der Waals surface area contributed by atoms with Crippen LogP contribution >= 0.6 is 0 Å². The van der Waals surface area contributed by atoms with Crippen LogP contribution in [0.2, 0.25) is 0 Å². The van der Waals surface area contributed by atoms with E-state index in [2.05, 4.69) is 10.3 Å². The number of hydrogen-bond donors (Lipinski definition) is 3. The molecule has 1 aliphatic heterocycles. The van der Waals surface area contributed by atoms with Crippen LogP contribution in [0.1, 0.15) is 30.3 Å². The van der Waals surface area contributed by atoms with Crippen molar-refractivity contribution in [2.24, 2.45) is 5.73 Å². The second-order valence-electron chi connectivity index (χ2n) is 4.84. The lowest BCUT2D eigenvalue weighted by Crippen LogP contribution is -2.43. The minimum absolute atomic E-state index is 0.201. The minimum atomic E-state index is -0.567. The fourth-order valence-electron chi connectivity index (χ4n) is 2.03. The quantitative estimate of drug-likeness (QED) is 0.734. The maximum atomic E-state index is 11.1. The first-order valence-electron chi connectivity index (χ1n) is 5.92. The summed E-state index contributed by atoms with van der Waals surface area (Å²) in [6, 6.07) is 3.14. The number of nitrogens with zero attached hydrogens (tertiary/aromatic N) is 1. The Bertz CT molecular complexity index is 455. The van der Waals surface area contributed by atoms with Gasteiger partial charge in [-0.1, -0.05) is 0 Å². The highest BCUT2D eigenvalue weighted by molar-refractivity contribution is 5.91.